The molecule has 150 valence electrons. The zero-order valence-corrected chi connectivity index (χ0v) is 16.8. The number of amides is 2. The average molecular weight is 392 g/mol. The molecule has 6 nitrogen and oxygen atoms in total. The zero-order chi connectivity index (χ0) is 20.5. The lowest BCUT2D eigenvalue weighted by atomic mass is 10.1. The molecule has 2 heterocycles. The zero-order valence-electron chi connectivity index (χ0n) is 16.8. The van der Waals surface area contributed by atoms with Gasteiger partial charge >= 0.3 is 0 Å². The Balaban J connectivity index is 1.47. The number of furan rings is 1. The van der Waals surface area contributed by atoms with Crippen LogP contribution in [0.4, 0.5) is 5.69 Å². The van der Waals surface area contributed by atoms with Crippen LogP contribution in [0.5, 0.6) is 5.75 Å². The second-order valence-corrected chi connectivity index (χ2v) is 7.50. The van der Waals surface area contributed by atoms with Crippen molar-refractivity contribution in [2.75, 3.05) is 18.6 Å². The van der Waals surface area contributed by atoms with E-state index in [0.717, 1.165) is 16.5 Å². The molecule has 6 heteroatoms. The number of carbonyl (C=O) groups is 2. The Morgan fingerprint density at radius 3 is 2.79 bits per heavy atom. The summed E-state index contributed by atoms with van der Waals surface area (Å²) < 4.78 is 11.2. The summed E-state index contributed by atoms with van der Waals surface area (Å²) in [6, 6.07) is 15.1. The van der Waals surface area contributed by atoms with Gasteiger partial charge in [0, 0.05) is 18.4 Å². The summed E-state index contributed by atoms with van der Waals surface area (Å²) in [5.74, 6) is 0.673. The van der Waals surface area contributed by atoms with Gasteiger partial charge in [0.2, 0.25) is 11.8 Å². The van der Waals surface area contributed by atoms with Gasteiger partial charge in [-0.1, -0.05) is 24.3 Å². The molecule has 2 unspecified atom stereocenters. The predicted octanol–water partition coefficient (Wildman–Crippen LogP) is 3.98. The molecule has 1 aliphatic rings. The van der Waals surface area contributed by atoms with E-state index < -0.39 is 5.92 Å². The van der Waals surface area contributed by atoms with Gasteiger partial charge in [0.05, 0.1) is 24.8 Å². The van der Waals surface area contributed by atoms with Crippen LogP contribution in [-0.2, 0) is 9.59 Å². The van der Waals surface area contributed by atoms with Crippen LogP contribution in [0.25, 0.3) is 11.0 Å². The number of hydrogen-bond donors (Lipinski definition) is 1. The highest BCUT2D eigenvalue weighted by Crippen LogP contribution is 2.34. The SMILES string of the molecule is COc1ccc(C)cc1N1CC(C(=O)NC(C)c2cc3ccccc3o2)CC1=O. The van der Waals surface area contributed by atoms with Gasteiger partial charge in [-0.15, -0.1) is 0 Å². The van der Waals surface area contributed by atoms with Crippen LogP contribution in [0.15, 0.2) is 52.9 Å². The fourth-order valence-corrected chi connectivity index (χ4v) is 3.75. The average Bonchev–Trinajstić information content (AvgIpc) is 3.31. The monoisotopic (exact) mass is 392 g/mol. The molecule has 1 saturated heterocycles. The molecule has 1 N–H and O–H groups in total. The quantitative estimate of drug-likeness (QED) is 0.713. The predicted molar refractivity (Wildman–Crippen MR) is 111 cm³/mol. The Morgan fingerprint density at radius 1 is 1.24 bits per heavy atom. The number of benzene rings is 2. The summed E-state index contributed by atoms with van der Waals surface area (Å²) in [5.41, 5.74) is 2.52. The Morgan fingerprint density at radius 2 is 2.03 bits per heavy atom. The molecular weight excluding hydrogens is 368 g/mol. The number of nitrogens with zero attached hydrogens (tertiary/aromatic N) is 1. The van der Waals surface area contributed by atoms with Gasteiger partial charge in [-0.25, -0.2) is 0 Å². The van der Waals surface area contributed by atoms with Gasteiger partial charge in [0.1, 0.15) is 17.1 Å². The molecule has 0 spiro atoms. The first-order valence-electron chi connectivity index (χ1n) is 9.70. The first kappa shape index (κ1) is 19.1. The van der Waals surface area contributed by atoms with Crippen LogP contribution in [-0.4, -0.2) is 25.5 Å². The normalized spacial score (nSPS) is 17.6. The molecule has 1 aromatic heterocycles. The van der Waals surface area contributed by atoms with Crippen molar-refractivity contribution in [3.63, 3.8) is 0 Å². The van der Waals surface area contributed by atoms with Crippen LogP contribution in [0, 0.1) is 12.8 Å². The van der Waals surface area contributed by atoms with E-state index in [2.05, 4.69) is 5.32 Å². The maximum absolute atomic E-state index is 12.8. The minimum Gasteiger partial charge on any atom is -0.495 e. The molecule has 0 radical (unpaired) electrons. The number of carbonyl (C=O) groups excluding carboxylic acids is 2. The largest absolute Gasteiger partial charge is 0.495 e. The molecule has 1 aliphatic heterocycles. The second kappa shape index (κ2) is 7.62. The Labute approximate surface area is 169 Å². The van der Waals surface area contributed by atoms with E-state index in [4.69, 9.17) is 9.15 Å². The Hall–Kier alpha value is -3.28. The van der Waals surface area contributed by atoms with Gasteiger partial charge in [0.25, 0.3) is 0 Å². The summed E-state index contributed by atoms with van der Waals surface area (Å²) in [7, 11) is 1.58. The number of anilines is 1. The van der Waals surface area contributed by atoms with E-state index in [1.54, 1.807) is 12.0 Å². The fourth-order valence-electron chi connectivity index (χ4n) is 3.75. The number of aryl methyl sites for hydroxylation is 1. The molecular formula is C23H24N2O4. The molecule has 4 rings (SSSR count). The van der Waals surface area contributed by atoms with E-state index >= 15 is 0 Å². The summed E-state index contributed by atoms with van der Waals surface area (Å²) in [4.78, 5) is 27.1. The number of methoxy groups -OCH3 is 1. The van der Waals surface area contributed by atoms with E-state index in [1.807, 2.05) is 62.4 Å². The standard InChI is InChI=1S/C23H24N2O4/c1-14-8-9-20(28-3)18(10-14)25-13-17(12-22(25)26)23(27)24-15(2)21-11-16-6-4-5-7-19(16)29-21/h4-11,15,17H,12-13H2,1-3H3,(H,24,27). The van der Waals surface area contributed by atoms with Gasteiger partial charge in [-0.2, -0.15) is 0 Å². The number of para-hydroxylation sites is 1. The van der Waals surface area contributed by atoms with Crippen molar-refractivity contribution in [3.05, 3.63) is 59.9 Å². The van der Waals surface area contributed by atoms with Crippen molar-refractivity contribution in [1.29, 1.82) is 0 Å². The molecule has 3 aromatic rings. The highest BCUT2D eigenvalue weighted by Gasteiger charge is 2.37. The topological polar surface area (TPSA) is 71.8 Å². The van der Waals surface area contributed by atoms with E-state index in [-0.39, 0.29) is 24.3 Å². The maximum atomic E-state index is 12.8. The maximum Gasteiger partial charge on any atom is 0.227 e. The fraction of sp³-hybridized carbons (Fsp3) is 0.304. The summed E-state index contributed by atoms with van der Waals surface area (Å²) in [6.45, 7) is 4.17. The number of fused-ring (bicyclic) bond motifs is 1. The molecule has 2 amide bonds. The molecule has 1 fully saturated rings. The van der Waals surface area contributed by atoms with Gasteiger partial charge in [-0.3, -0.25) is 9.59 Å². The third kappa shape index (κ3) is 3.70. The van der Waals surface area contributed by atoms with Crippen molar-refractivity contribution < 1.29 is 18.7 Å². The van der Waals surface area contributed by atoms with Crippen LogP contribution in [0.3, 0.4) is 0 Å². The van der Waals surface area contributed by atoms with Crippen LogP contribution in [0.2, 0.25) is 0 Å². The van der Waals surface area contributed by atoms with E-state index in [1.165, 1.54) is 0 Å². The van der Waals surface area contributed by atoms with Gasteiger partial charge in [0.15, 0.2) is 0 Å². The van der Waals surface area contributed by atoms with Crippen LogP contribution >= 0.6 is 0 Å². The third-order valence-corrected chi connectivity index (χ3v) is 5.35. The molecule has 0 aliphatic carbocycles. The second-order valence-electron chi connectivity index (χ2n) is 7.50. The highest BCUT2D eigenvalue weighted by atomic mass is 16.5. The van der Waals surface area contributed by atoms with E-state index in [9.17, 15) is 9.59 Å². The summed E-state index contributed by atoms with van der Waals surface area (Å²) in [6.07, 6.45) is 0.176. The highest BCUT2D eigenvalue weighted by molar-refractivity contribution is 6.01. The molecule has 0 bridgehead atoms. The first-order chi connectivity index (χ1) is 14.0. The van der Waals surface area contributed by atoms with Crippen molar-refractivity contribution in [1.82, 2.24) is 5.32 Å². The number of hydrogen-bond acceptors (Lipinski definition) is 4. The lowest BCUT2D eigenvalue weighted by Crippen LogP contribution is -2.34. The van der Waals surface area contributed by atoms with Crippen molar-refractivity contribution in [2.24, 2.45) is 5.92 Å². The van der Waals surface area contributed by atoms with Crippen LogP contribution in [0.1, 0.15) is 30.7 Å². The number of ether oxygens (including phenoxy) is 1. The molecule has 0 saturated carbocycles. The molecule has 2 aromatic carbocycles. The smallest absolute Gasteiger partial charge is 0.227 e. The van der Waals surface area contributed by atoms with Crippen LogP contribution < -0.4 is 15.0 Å². The van der Waals surface area contributed by atoms with Crippen molar-refractivity contribution in [3.8, 4) is 5.75 Å². The number of nitrogens with one attached hydrogen (secondary N) is 1. The van der Waals surface area contributed by atoms with Gasteiger partial charge < -0.3 is 19.4 Å². The van der Waals surface area contributed by atoms with Crippen molar-refractivity contribution >= 4 is 28.5 Å². The number of rotatable bonds is 5. The van der Waals surface area contributed by atoms with E-state index in [0.29, 0.717) is 23.7 Å². The Bertz CT molecular complexity index is 1040. The minimum absolute atomic E-state index is 0.0783. The lowest BCUT2D eigenvalue weighted by Gasteiger charge is -2.20. The first-order valence-corrected chi connectivity index (χ1v) is 9.70. The lowest BCUT2D eigenvalue weighted by molar-refractivity contribution is -0.127. The minimum atomic E-state index is -0.417. The van der Waals surface area contributed by atoms with Gasteiger partial charge in [-0.05, 0) is 43.7 Å². The third-order valence-electron chi connectivity index (χ3n) is 5.35. The summed E-state index contributed by atoms with van der Waals surface area (Å²) in [5, 5.41) is 3.99. The summed E-state index contributed by atoms with van der Waals surface area (Å²) >= 11 is 0. The molecule has 2 atom stereocenters. The Kier molecular flexibility index (Phi) is 5.01. The van der Waals surface area contributed by atoms with Crippen molar-refractivity contribution in [2.45, 2.75) is 26.3 Å². The molecule has 29 heavy (non-hydrogen) atoms.